The van der Waals surface area contributed by atoms with Crippen LogP contribution in [0, 0.1) is 5.82 Å². The van der Waals surface area contributed by atoms with Gasteiger partial charge < -0.3 is 9.64 Å². The molecule has 22 heavy (non-hydrogen) atoms. The average Bonchev–Trinajstić information content (AvgIpc) is 3.01. The van der Waals surface area contributed by atoms with Crippen LogP contribution in [0.2, 0.25) is 0 Å². The highest BCUT2D eigenvalue weighted by Gasteiger charge is 2.35. The van der Waals surface area contributed by atoms with Crippen LogP contribution in [0.5, 0.6) is 0 Å². The van der Waals surface area contributed by atoms with Gasteiger partial charge in [-0.3, -0.25) is 4.79 Å². The molecule has 2 rings (SSSR count). The number of rotatable bonds is 6. The highest BCUT2D eigenvalue weighted by atomic mass is 19.1. The molecule has 1 heterocycles. The highest BCUT2D eigenvalue weighted by molar-refractivity contribution is 5.97. The molecule has 0 radical (unpaired) electrons. The van der Waals surface area contributed by atoms with Gasteiger partial charge in [0, 0.05) is 12.1 Å². The van der Waals surface area contributed by atoms with E-state index in [1.54, 1.807) is 0 Å². The molecule has 1 atom stereocenters. The first-order valence-corrected chi connectivity index (χ1v) is 7.86. The average molecular weight is 307 g/mol. The molecule has 1 aliphatic heterocycles. The zero-order valence-corrected chi connectivity index (χ0v) is 12.9. The number of ether oxygens (including phenoxy) is 1. The number of amides is 1. The first kappa shape index (κ1) is 16.5. The van der Waals surface area contributed by atoms with E-state index in [9.17, 15) is 14.0 Å². The SMILES string of the molecule is CCCCCOC(=O)C1CCCN1C(=O)c1ccc(F)cc1. The number of unbranched alkanes of at least 4 members (excludes halogenated alkanes) is 2. The summed E-state index contributed by atoms with van der Waals surface area (Å²) in [6.07, 6.45) is 4.34. The van der Waals surface area contributed by atoms with Crippen LogP contribution >= 0.6 is 0 Å². The van der Waals surface area contributed by atoms with Crippen molar-refractivity contribution in [2.24, 2.45) is 0 Å². The number of carbonyl (C=O) groups is 2. The second-order valence-corrected chi connectivity index (χ2v) is 5.54. The fraction of sp³-hybridized carbons (Fsp3) is 0.529. The smallest absolute Gasteiger partial charge is 0.328 e. The lowest BCUT2D eigenvalue weighted by Gasteiger charge is -2.23. The highest BCUT2D eigenvalue weighted by Crippen LogP contribution is 2.21. The van der Waals surface area contributed by atoms with E-state index in [0.717, 1.165) is 25.7 Å². The zero-order chi connectivity index (χ0) is 15.9. The quantitative estimate of drug-likeness (QED) is 0.599. The Labute approximate surface area is 130 Å². The van der Waals surface area contributed by atoms with Gasteiger partial charge in [0.2, 0.25) is 0 Å². The molecule has 1 amide bonds. The maximum absolute atomic E-state index is 12.9. The molecular weight excluding hydrogens is 285 g/mol. The molecule has 1 aliphatic rings. The van der Waals surface area contributed by atoms with Gasteiger partial charge in [-0.15, -0.1) is 0 Å². The monoisotopic (exact) mass is 307 g/mol. The fourth-order valence-electron chi connectivity index (χ4n) is 2.63. The standard InChI is InChI=1S/C17H22FNO3/c1-2-3-4-12-22-17(21)15-6-5-11-19(15)16(20)13-7-9-14(18)10-8-13/h7-10,15H,2-6,11-12H2,1H3. The summed E-state index contributed by atoms with van der Waals surface area (Å²) >= 11 is 0. The Morgan fingerprint density at radius 3 is 2.68 bits per heavy atom. The second-order valence-electron chi connectivity index (χ2n) is 5.54. The van der Waals surface area contributed by atoms with Crippen LogP contribution in [0.15, 0.2) is 24.3 Å². The molecule has 0 spiro atoms. The van der Waals surface area contributed by atoms with Crippen LogP contribution < -0.4 is 0 Å². The third kappa shape index (κ3) is 4.06. The molecule has 0 bridgehead atoms. The number of hydrogen-bond donors (Lipinski definition) is 0. The lowest BCUT2D eigenvalue weighted by Crippen LogP contribution is -2.41. The number of carbonyl (C=O) groups excluding carboxylic acids is 2. The lowest BCUT2D eigenvalue weighted by molar-refractivity contribution is -0.148. The summed E-state index contributed by atoms with van der Waals surface area (Å²) in [5.74, 6) is -0.957. The summed E-state index contributed by atoms with van der Waals surface area (Å²) in [7, 11) is 0. The van der Waals surface area contributed by atoms with Crippen molar-refractivity contribution >= 4 is 11.9 Å². The van der Waals surface area contributed by atoms with E-state index in [4.69, 9.17) is 4.74 Å². The Balaban J connectivity index is 1.96. The van der Waals surface area contributed by atoms with Gasteiger partial charge in [-0.25, -0.2) is 9.18 Å². The van der Waals surface area contributed by atoms with E-state index in [2.05, 4.69) is 6.92 Å². The second kappa shape index (κ2) is 7.92. The number of nitrogens with zero attached hydrogens (tertiary/aromatic N) is 1. The summed E-state index contributed by atoms with van der Waals surface area (Å²) in [6.45, 7) is 3.02. The van der Waals surface area contributed by atoms with Gasteiger partial charge in [0.25, 0.3) is 5.91 Å². The number of benzene rings is 1. The van der Waals surface area contributed by atoms with Gasteiger partial charge in [0.15, 0.2) is 0 Å². The third-order valence-corrected chi connectivity index (χ3v) is 3.87. The molecule has 120 valence electrons. The van der Waals surface area contributed by atoms with Crippen LogP contribution in [0.25, 0.3) is 0 Å². The molecule has 1 unspecified atom stereocenters. The predicted octanol–water partition coefficient (Wildman–Crippen LogP) is 3.16. The minimum absolute atomic E-state index is 0.243. The van der Waals surface area contributed by atoms with E-state index >= 15 is 0 Å². The minimum Gasteiger partial charge on any atom is -0.464 e. The van der Waals surface area contributed by atoms with E-state index in [1.165, 1.54) is 29.2 Å². The van der Waals surface area contributed by atoms with Gasteiger partial charge in [0.05, 0.1) is 6.61 Å². The van der Waals surface area contributed by atoms with Crippen molar-refractivity contribution in [3.8, 4) is 0 Å². The molecular formula is C17H22FNO3. The van der Waals surface area contributed by atoms with Crippen LogP contribution in [0.1, 0.15) is 49.4 Å². The molecule has 1 aromatic carbocycles. The lowest BCUT2D eigenvalue weighted by atomic mass is 10.1. The number of likely N-dealkylation sites (tertiary alicyclic amines) is 1. The zero-order valence-electron chi connectivity index (χ0n) is 12.9. The fourth-order valence-corrected chi connectivity index (χ4v) is 2.63. The summed E-state index contributed by atoms with van der Waals surface area (Å²) in [5, 5.41) is 0. The molecule has 0 saturated carbocycles. The Bertz CT molecular complexity index is 515. The molecule has 1 saturated heterocycles. The van der Waals surface area contributed by atoms with Crippen LogP contribution in [-0.4, -0.2) is 36.0 Å². The molecule has 0 N–H and O–H groups in total. The number of esters is 1. The maximum Gasteiger partial charge on any atom is 0.328 e. The Kier molecular flexibility index (Phi) is 5.92. The van der Waals surface area contributed by atoms with Crippen molar-refractivity contribution in [3.63, 3.8) is 0 Å². The summed E-state index contributed by atoms with van der Waals surface area (Å²) in [5.41, 5.74) is 0.395. The van der Waals surface area contributed by atoms with Gasteiger partial charge in [-0.1, -0.05) is 19.8 Å². The van der Waals surface area contributed by atoms with Crippen molar-refractivity contribution in [2.45, 2.75) is 45.1 Å². The molecule has 1 fully saturated rings. The van der Waals surface area contributed by atoms with E-state index in [0.29, 0.717) is 25.1 Å². The maximum atomic E-state index is 12.9. The van der Waals surface area contributed by atoms with Crippen molar-refractivity contribution in [2.75, 3.05) is 13.2 Å². The summed E-state index contributed by atoms with van der Waals surface area (Å²) < 4.78 is 18.2. The number of hydrogen-bond acceptors (Lipinski definition) is 3. The first-order chi connectivity index (χ1) is 10.6. The normalized spacial score (nSPS) is 17.5. The largest absolute Gasteiger partial charge is 0.464 e. The first-order valence-electron chi connectivity index (χ1n) is 7.86. The minimum atomic E-state index is -0.515. The summed E-state index contributed by atoms with van der Waals surface area (Å²) in [6, 6.07) is 4.88. The molecule has 0 aromatic heterocycles. The topological polar surface area (TPSA) is 46.6 Å². The van der Waals surface area contributed by atoms with Crippen molar-refractivity contribution in [3.05, 3.63) is 35.6 Å². The van der Waals surface area contributed by atoms with Gasteiger partial charge in [-0.2, -0.15) is 0 Å². The third-order valence-electron chi connectivity index (χ3n) is 3.87. The van der Waals surface area contributed by atoms with Crippen LogP contribution in [-0.2, 0) is 9.53 Å². The van der Waals surface area contributed by atoms with Crippen LogP contribution in [0.4, 0.5) is 4.39 Å². The van der Waals surface area contributed by atoms with Crippen molar-refractivity contribution < 1.29 is 18.7 Å². The van der Waals surface area contributed by atoms with Crippen molar-refractivity contribution in [1.29, 1.82) is 0 Å². The summed E-state index contributed by atoms with van der Waals surface area (Å²) in [4.78, 5) is 26.1. The van der Waals surface area contributed by atoms with E-state index < -0.39 is 6.04 Å². The molecule has 4 nitrogen and oxygen atoms in total. The van der Waals surface area contributed by atoms with Crippen LogP contribution in [0.3, 0.4) is 0 Å². The number of halogens is 1. The molecule has 1 aromatic rings. The Hall–Kier alpha value is -1.91. The molecule has 0 aliphatic carbocycles. The van der Waals surface area contributed by atoms with Gasteiger partial charge in [0.1, 0.15) is 11.9 Å². The van der Waals surface area contributed by atoms with Gasteiger partial charge in [-0.05, 0) is 43.5 Å². The van der Waals surface area contributed by atoms with Crippen molar-refractivity contribution in [1.82, 2.24) is 4.90 Å². The Morgan fingerprint density at radius 1 is 1.27 bits per heavy atom. The van der Waals surface area contributed by atoms with E-state index in [1.807, 2.05) is 0 Å². The van der Waals surface area contributed by atoms with Gasteiger partial charge >= 0.3 is 5.97 Å². The Morgan fingerprint density at radius 2 is 2.00 bits per heavy atom. The predicted molar refractivity (Wildman–Crippen MR) is 80.9 cm³/mol. The van der Waals surface area contributed by atoms with E-state index in [-0.39, 0.29) is 17.7 Å². The molecule has 5 heteroatoms.